The van der Waals surface area contributed by atoms with E-state index >= 15 is 0 Å². The normalized spacial score (nSPS) is 16.7. The Hall–Kier alpha value is -3.24. The molecule has 2 amide bonds. The largest absolute Gasteiger partial charge is 0.464 e. The fraction of sp³-hybridized carbons (Fsp3) is 0.478. The smallest absolute Gasteiger partial charge is 0.250 e. The third kappa shape index (κ3) is 5.40. The van der Waals surface area contributed by atoms with Crippen molar-refractivity contribution in [3.05, 3.63) is 47.9 Å². The maximum Gasteiger partial charge on any atom is 0.250 e. The number of carbonyl (C=O) groups is 2. The van der Waals surface area contributed by atoms with Crippen LogP contribution >= 0.6 is 0 Å². The molecule has 4 rings (SSSR count). The zero-order valence-electron chi connectivity index (χ0n) is 18.9. The zero-order valence-corrected chi connectivity index (χ0v) is 18.9. The highest BCUT2D eigenvalue weighted by Crippen LogP contribution is 2.26. The number of para-hydroxylation sites is 1. The minimum Gasteiger partial charge on any atom is -0.464 e. The number of benzene rings is 1. The highest BCUT2D eigenvalue weighted by molar-refractivity contribution is 5.88. The number of nitrogens with one attached hydrogen (secondary N) is 1. The van der Waals surface area contributed by atoms with Crippen LogP contribution in [0.4, 0.5) is 0 Å². The molecule has 1 aliphatic rings. The van der Waals surface area contributed by atoms with E-state index in [0.717, 1.165) is 18.4 Å². The van der Waals surface area contributed by atoms with E-state index in [1.165, 1.54) is 4.90 Å². The molecule has 1 N–H and O–H groups in total. The van der Waals surface area contributed by atoms with Crippen molar-refractivity contribution in [2.75, 3.05) is 33.4 Å². The molecule has 0 saturated carbocycles. The number of ether oxygens (including phenoxy) is 2. The average molecular weight is 456 g/mol. The first-order valence-electron chi connectivity index (χ1n) is 11.1. The number of nitrogens with zero attached hydrogens (tertiary/aromatic N) is 4. The maximum atomic E-state index is 13.6. The van der Waals surface area contributed by atoms with Gasteiger partial charge in [-0.1, -0.05) is 17.3 Å². The predicted octanol–water partition coefficient (Wildman–Crippen LogP) is 1.84. The van der Waals surface area contributed by atoms with E-state index in [1.807, 2.05) is 24.3 Å². The van der Waals surface area contributed by atoms with Crippen LogP contribution in [0.3, 0.4) is 0 Å². The summed E-state index contributed by atoms with van der Waals surface area (Å²) in [5.41, 5.74) is 1.45. The number of rotatable bonds is 10. The van der Waals surface area contributed by atoms with Crippen LogP contribution in [-0.4, -0.2) is 71.2 Å². The van der Waals surface area contributed by atoms with Gasteiger partial charge in [0.05, 0.1) is 18.2 Å². The number of hydrogen-bond donors (Lipinski definition) is 1. The van der Waals surface area contributed by atoms with Crippen LogP contribution in [0.2, 0.25) is 0 Å². The monoisotopic (exact) mass is 455 g/mol. The minimum absolute atomic E-state index is 0.0607. The summed E-state index contributed by atoms with van der Waals surface area (Å²) < 4.78 is 18.2. The van der Waals surface area contributed by atoms with E-state index in [1.54, 1.807) is 30.8 Å². The first kappa shape index (κ1) is 22.9. The van der Waals surface area contributed by atoms with Crippen LogP contribution < -0.4 is 5.32 Å². The number of furan rings is 1. The van der Waals surface area contributed by atoms with Gasteiger partial charge in [0.1, 0.15) is 23.6 Å². The van der Waals surface area contributed by atoms with E-state index in [4.69, 9.17) is 13.9 Å². The van der Waals surface area contributed by atoms with Gasteiger partial charge in [0.2, 0.25) is 5.91 Å². The summed E-state index contributed by atoms with van der Waals surface area (Å²) in [5, 5.41) is 11.1. The second kappa shape index (κ2) is 10.6. The Morgan fingerprint density at radius 3 is 2.88 bits per heavy atom. The Kier molecular flexibility index (Phi) is 7.36. The summed E-state index contributed by atoms with van der Waals surface area (Å²) in [6.45, 7) is 3.34. The second-order valence-corrected chi connectivity index (χ2v) is 8.05. The third-order valence-electron chi connectivity index (χ3n) is 5.65. The van der Waals surface area contributed by atoms with Gasteiger partial charge < -0.3 is 24.1 Å². The van der Waals surface area contributed by atoms with Crippen LogP contribution in [0.25, 0.3) is 11.0 Å². The lowest BCUT2D eigenvalue weighted by molar-refractivity contribution is -0.144. The molecule has 176 valence electrons. The van der Waals surface area contributed by atoms with Crippen molar-refractivity contribution >= 4 is 22.8 Å². The van der Waals surface area contributed by atoms with Gasteiger partial charge in [-0.15, -0.1) is 5.10 Å². The molecule has 0 bridgehead atoms. The summed E-state index contributed by atoms with van der Waals surface area (Å²) >= 11 is 0. The molecule has 3 heterocycles. The Bertz CT molecular complexity index is 1090. The molecule has 0 unspecified atom stereocenters. The molecule has 3 aromatic rings. The standard InChI is InChI=1S/C23H29N5O5/c1-16-9-10-20(33-16)22(23(30)24-11-13-31-2)27(14-17-6-5-12-32-17)21(29)15-28-19-8-4-3-7-18(19)25-26-28/h3-4,7-10,17,22H,5-6,11-15H2,1-2H3,(H,24,30)/t17-,22+/m0/s1. The number of carbonyl (C=O) groups excluding carboxylic acids is 2. The Morgan fingerprint density at radius 2 is 2.15 bits per heavy atom. The number of aryl methyl sites for hydroxylation is 1. The van der Waals surface area contributed by atoms with Gasteiger partial charge in [0, 0.05) is 26.8 Å². The number of hydrogen-bond acceptors (Lipinski definition) is 7. The molecule has 0 spiro atoms. The van der Waals surface area contributed by atoms with E-state index in [9.17, 15) is 9.59 Å². The van der Waals surface area contributed by atoms with Crippen LogP contribution in [0.15, 0.2) is 40.8 Å². The van der Waals surface area contributed by atoms with Crippen molar-refractivity contribution in [1.29, 1.82) is 0 Å². The molecule has 10 nitrogen and oxygen atoms in total. The van der Waals surface area contributed by atoms with Crippen molar-refractivity contribution < 1.29 is 23.5 Å². The van der Waals surface area contributed by atoms with Crippen molar-refractivity contribution in [3.63, 3.8) is 0 Å². The van der Waals surface area contributed by atoms with E-state index in [0.29, 0.717) is 36.8 Å². The molecule has 33 heavy (non-hydrogen) atoms. The second-order valence-electron chi connectivity index (χ2n) is 8.05. The molecule has 1 fully saturated rings. The molecular formula is C23H29N5O5. The van der Waals surface area contributed by atoms with Crippen molar-refractivity contribution in [2.24, 2.45) is 0 Å². The molecule has 1 saturated heterocycles. The average Bonchev–Trinajstić information content (AvgIpc) is 3.56. The van der Waals surface area contributed by atoms with Gasteiger partial charge in [0.15, 0.2) is 6.04 Å². The Balaban J connectivity index is 1.64. The zero-order chi connectivity index (χ0) is 23.2. The molecule has 10 heteroatoms. The highest BCUT2D eigenvalue weighted by atomic mass is 16.5. The van der Waals surface area contributed by atoms with Gasteiger partial charge in [-0.3, -0.25) is 9.59 Å². The fourth-order valence-corrected chi connectivity index (χ4v) is 4.01. The third-order valence-corrected chi connectivity index (χ3v) is 5.65. The molecule has 0 aliphatic carbocycles. The first-order chi connectivity index (χ1) is 16.1. The summed E-state index contributed by atoms with van der Waals surface area (Å²) in [7, 11) is 1.56. The summed E-state index contributed by atoms with van der Waals surface area (Å²) in [4.78, 5) is 28.4. The predicted molar refractivity (Wildman–Crippen MR) is 119 cm³/mol. The van der Waals surface area contributed by atoms with Gasteiger partial charge in [0.25, 0.3) is 5.91 Å². The van der Waals surface area contributed by atoms with E-state index in [-0.39, 0.29) is 31.0 Å². The van der Waals surface area contributed by atoms with E-state index < -0.39 is 6.04 Å². The minimum atomic E-state index is -0.943. The maximum absolute atomic E-state index is 13.6. The molecule has 0 radical (unpaired) electrons. The highest BCUT2D eigenvalue weighted by Gasteiger charge is 2.36. The Morgan fingerprint density at radius 1 is 1.30 bits per heavy atom. The van der Waals surface area contributed by atoms with Crippen LogP contribution in [0.1, 0.15) is 30.4 Å². The summed E-state index contributed by atoms with van der Waals surface area (Å²) in [6.07, 6.45) is 1.60. The van der Waals surface area contributed by atoms with Gasteiger partial charge >= 0.3 is 0 Å². The number of fused-ring (bicyclic) bond motifs is 1. The van der Waals surface area contributed by atoms with Gasteiger partial charge in [-0.25, -0.2) is 4.68 Å². The first-order valence-corrected chi connectivity index (χ1v) is 11.1. The topological polar surface area (TPSA) is 112 Å². The van der Waals surface area contributed by atoms with Gasteiger partial charge in [-0.05, 0) is 44.0 Å². The van der Waals surface area contributed by atoms with E-state index in [2.05, 4.69) is 15.6 Å². The lowest BCUT2D eigenvalue weighted by Gasteiger charge is -2.31. The van der Waals surface area contributed by atoms with Crippen molar-refractivity contribution in [1.82, 2.24) is 25.2 Å². The lowest BCUT2D eigenvalue weighted by Crippen LogP contribution is -2.48. The van der Waals surface area contributed by atoms with Crippen LogP contribution in [0, 0.1) is 6.92 Å². The van der Waals surface area contributed by atoms with Crippen molar-refractivity contribution in [2.45, 2.75) is 38.5 Å². The molecule has 2 atom stereocenters. The van der Waals surface area contributed by atoms with Crippen LogP contribution in [-0.2, 0) is 25.6 Å². The van der Waals surface area contributed by atoms with Gasteiger partial charge in [-0.2, -0.15) is 0 Å². The van der Waals surface area contributed by atoms with Crippen LogP contribution in [0.5, 0.6) is 0 Å². The van der Waals surface area contributed by atoms with Crippen molar-refractivity contribution in [3.8, 4) is 0 Å². The molecule has 1 aromatic carbocycles. The summed E-state index contributed by atoms with van der Waals surface area (Å²) in [5.74, 6) is 0.446. The number of methoxy groups -OCH3 is 1. The number of amides is 2. The summed E-state index contributed by atoms with van der Waals surface area (Å²) in [6, 6.07) is 10.0. The Labute approximate surface area is 191 Å². The molecular weight excluding hydrogens is 426 g/mol. The quantitative estimate of drug-likeness (QED) is 0.464. The fourth-order valence-electron chi connectivity index (χ4n) is 4.01. The molecule has 2 aromatic heterocycles. The lowest BCUT2D eigenvalue weighted by atomic mass is 10.1. The molecule has 1 aliphatic heterocycles. The SMILES string of the molecule is COCCNC(=O)[C@@H](c1ccc(C)o1)N(C[C@@H]1CCCO1)C(=O)Cn1nnc2ccccc21. The number of aromatic nitrogens is 3.